The Morgan fingerprint density at radius 2 is 0.797 bits per heavy atom. The minimum atomic E-state index is -1.58. The fourth-order valence-corrected chi connectivity index (χ4v) is 10.2. The maximum atomic E-state index is 13.1. The molecule has 1 rings (SSSR count). The molecule has 0 spiro atoms. The molecule has 1 heterocycles. The third-order valence-electron chi connectivity index (χ3n) is 15.4. The van der Waals surface area contributed by atoms with Crippen LogP contribution in [0.2, 0.25) is 0 Å². The van der Waals surface area contributed by atoms with Crippen molar-refractivity contribution in [2.45, 2.75) is 339 Å². The van der Waals surface area contributed by atoms with Gasteiger partial charge in [-0.05, 0) is 83.5 Å². The zero-order valence-electron chi connectivity index (χ0n) is 51.1. The molecule has 1 amide bonds. The number of aliphatic hydroxyl groups excluding tert-OH is 5. The highest BCUT2D eigenvalue weighted by molar-refractivity contribution is 5.76. The van der Waals surface area contributed by atoms with Crippen LogP contribution in [-0.2, 0) is 14.3 Å². The molecule has 6 N–H and O–H groups in total. The Morgan fingerprint density at radius 1 is 0.443 bits per heavy atom. The Labute approximate surface area is 486 Å². The second-order valence-electron chi connectivity index (χ2n) is 22.9. The summed E-state index contributed by atoms with van der Waals surface area (Å²) >= 11 is 0. The number of hydrogen-bond acceptors (Lipinski definition) is 8. The number of nitrogens with one attached hydrogen (secondary N) is 1. The Bertz CT molecular complexity index is 1520. The van der Waals surface area contributed by atoms with Crippen LogP contribution in [0.3, 0.4) is 0 Å². The fraction of sp³-hybridized carbons (Fsp3) is 0.786. The van der Waals surface area contributed by atoms with Crippen LogP contribution >= 0.6 is 0 Å². The topological polar surface area (TPSA) is 149 Å². The summed E-state index contributed by atoms with van der Waals surface area (Å²) in [5.74, 6) is -0.189. The molecule has 9 heteroatoms. The van der Waals surface area contributed by atoms with E-state index in [9.17, 15) is 30.3 Å². The predicted molar refractivity (Wildman–Crippen MR) is 336 cm³/mol. The van der Waals surface area contributed by atoms with Crippen molar-refractivity contribution in [1.82, 2.24) is 5.32 Å². The van der Waals surface area contributed by atoms with Crippen molar-refractivity contribution in [1.29, 1.82) is 0 Å². The van der Waals surface area contributed by atoms with E-state index in [4.69, 9.17) is 9.47 Å². The molecule has 458 valence electrons. The van der Waals surface area contributed by atoms with Crippen LogP contribution in [0.1, 0.15) is 296 Å². The third kappa shape index (κ3) is 47.6. The van der Waals surface area contributed by atoms with Gasteiger partial charge in [0, 0.05) is 6.42 Å². The summed E-state index contributed by atoms with van der Waals surface area (Å²) in [6.07, 6.45) is 76.8. The Balaban J connectivity index is 2.18. The van der Waals surface area contributed by atoms with Gasteiger partial charge >= 0.3 is 0 Å². The van der Waals surface area contributed by atoms with E-state index < -0.39 is 49.5 Å². The van der Waals surface area contributed by atoms with Crippen molar-refractivity contribution < 1.29 is 39.8 Å². The summed E-state index contributed by atoms with van der Waals surface area (Å²) in [6.45, 7) is 3.67. The average molecular weight is 1110 g/mol. The lowest BCUT2D eigenvalue weighted by Gasteiger charge is -2.40. The second-order valence-corrected chi connectivity index (χ2v) is 22.9. The van der Waals surface area contributed by atoms with Gasteiger partial charge in [0.2, 0.25) is 5.91 Å². The first-order valence-corrected chi connectivity index (χ1v) is 33.3. The van der Waals surface area contributed by atoms with Gasteiger partial charge in [0.1, 0.15) is 24.4 Å². The number of ether oxygens (including phenoxy) is 2. The van der Waals surface area contributed by atoms with E-state index in [1.165, 1.54) is 205 Å². The van der Waals surface area contributed by atoms with Crippen molar-refractivity contribution in [3.63, 3.8) is 0 Å². The number of allylic oxidation sites excluding steroid dienone is 13. The molecule has 9 nitrogen and oxygen atoms in total. The molecule has 0 saturated carbocycles. The van der Waals surface area contributed by atoms with E-state index in [2.05, 4.69) is 92.1 Å². The number of aliphatic hydroxyl groups is 5. The molecule has 0 aromatic rings. The van der Waals surface area contributed by atoms with Gasteiger partial charge in [0.05, 0.1) is 25.4 Å². The minimum absolute atomic E-state index is 0.189. The molecule has 0 bridgehead atoms. The second kappa shape index (κ2) is 58.6. The predicted octanol–water partition coefficient (Wildman–Crippen LogP) is 17.7. The van der Waals surface area contributed by atoms with E-state index in [1.54, 1.807) is 6.08 Å². The van der Waals surface area contributed by atoms with E-state index in [0.29, 0.717) is 6.42 Å². The summed E-state index contributed by atoms with van der Waals surface area (Å²) in [6, 6.07) is -0.833. The standard InChI is InChI=1S/C70H125NO8/c1-3-5-7-9-11-13-15-17-19-21-23-25-27-29-30-31-32-33-34-36-38-40-42-44-46-48-50-52-54-56-58-60-66(74)71-63(62-78-70-69(77)68(76)67(75)65(61-72)79-70)64(73)59-57-55-53-51-49-47-45-43-41-39-37-35-28-26-24-22-20-18-16-14-12-10-8-6-4-2/h5,7,11,13,17,19,23,25,41,43,49,51,57,59,63-65,67-70,72-73,75-77H,3-4,6,8-10,12,14-16,18,20-22,24,26-40,42,44-48,50,52-56,58,60-62H2,1-2H3,(H,71,74)/b7-5-,13-11-,19-17-,25-23-,43-41+,51-49+,59-57+. The van der Waals surface area contributed by atoms with Crippen LogP contribution < -0.4 is 5.32 Å². The quantitative estimate of drug-likeness (QED) is 0.0261. The van der Waals surface area contributed by atoms with Crippen LogP contribution in [0.4, 0.5) is 0 Å². The lowest BCUT2D eigenvalue weighted by molar-refractivity contribution is -0.302. The summed E-state index contributed by atoms with van der Waals surface area (Å²) in [4.78, 5) is 13.1. The number of carbonyl (C=O) groups excluding carboxylic acids is 1. The van der Waals surface area contributed by atoms with Gasteiger partial charge in [0.25, 0.3) is 0 Å². The van der Waals surface area contributed by atoms with Gasteiger partial charge in [0.15, 0.2) is 6.29 Å². The largest absolute Gasteiger partial charge is 0.394 e. The molecule has 0 aromatic heterocycles. The molecular formula is C70H125NO8. The molecular weight excluding hydrogens is 983 g/mol. The third-order valence-corrected chi connectivity index (χ3v) is 15.4. The SMILES string of the molecule is CC/C=C\C/C=C\C/C=C\C/C=C\CCCCCCCCCCCCCCCCCCCCC(=O)NC(COC1OC(CO)C(O)C(O)C1O)C(O)/C=C/CC/C=C/CC/C=C/CCCCCCCCCCCCCCCCC. The molecule has 1 saturated heterocycles. The Kier molecular flexibility index (Phi) is 55.1. The van der Waals surface area contributed by atoms with Gasteiger partial charge in [-0.15, -0.1) is 0 Å². The van der Waals surface area contributed by atoms with Crippen molar-refractivity contribution >= 4 is 5.91 Å². The van der Waals surface area contributed by atoms with Crippen molar-refractivity contribution in [2.24, 2.45) is 0 Å². The van der Waals surface area contributed by atoms with Gasteiger partial charge < -0.3 is 40.3 Å². The number of unbranched alkanes of at least 4 members (excludes halogenated alkanes) is 35. The van der Waals surface area contributed by atoms with Crippen LogP contribution in [0.25, 0.3) is 0 Å². The maximum Gasteiger partial charge on any atom is 0.220 e. The number of amides is 1. The molecule has 1 aliphatic rings. The van der Waals surface area contributed by atoms with Crippen LogP contribution in [0.15, 0.2) is 85.1 Å². The monoisotopic (exact) mass is 1110 g/mol. The Morgan fingerprint density at radius 3 is 1.22 bits per heavy atom. The summed E-state index contributed by atoms with van der Waals surface area (Å²) in [5, 5.41) is 54.7. The van der Waals surface area contributed by atoms with Gasteiger partial charge in [-0.25, -0.2) is 0 Å². The molecule has 7 unspecified atom stereocenters. The van der Waals surface area contributed by atoms with Crippen molar-refractivity contribution in [3.8, 4) is 0 Å². The normalized spacial score (nSPS) is 19.1. The van der Waals surface area contributed by atoms with E-state index in [-0.39, 0.29) is 12.5 Å². The molecule has 1 fully saturated rings. The number of carbonyl (C=O) groups is 1. The van der Waals surface area contributed by atoms with Crippen LogP contribution in [0.5, 0.6) is 0 Å². The minimum Gasteiger partial charge on any atom is -0.394 e. The smallest absolute Gasteiger partial charge is 0.220 e. The molecule has 7 atom stereocenters. The molecule has 0 radical (unpaired) electrons. The fourth-order valence-electron chi connectivity index (χ4n) is 10.2. The maximum absolute atomic E-state index is 13.1. The zero-order chi connectivity index (χ0) is 57.2. The zero-order valence-corrected chi connectivity index (χ0v) is 51.1. The number of hydrogen-bond donors (Lipinski definition) is 6. The first-order valence-electron chi connectivity index (χ1n) is 33.3. The van der Waals surface area contributed by atoms with Crippen LogP contribution in [-0.4, -0.2) is 87.5 Å². The molecule has 0 aliphatic carbocycles. The summed E-state index contributed by atoms with van der Waals surface area (Å²) < 4.78 is 11.3. The van der Waals surface area contributed by atoms with E-state index >= 15 is 0 Å². The average Bonchev–Trinajstić information content (AvgIpc) is 3.47. The first-order chi connectivity index (χ1) is 38.8. The lowest BCUT2D eigenvalue weighted by atomic mass is 9.99. The molecule has 0 aromatic carbocycles. The van der Waals surface area contributed by atoms with Gasteiger partial charge in [-0.1, -0.05) is 292 Å². The highest BCUT2D eigenvalue weighted by Crippen LogP contribution is 2.23. The van der Waals surface area contributed by atoms with Gasteiger partial charge in [-0.3, -0.25) is 4.79 Å². The highest BCUT2D eigenvalue weighted by atomic mass is 16.7. The first kappa shape index (κ1) is 74.4. The molecule has 1 aliphatic heterocycles. The lowest BCUT2D eigenvalue weighted by Crippen LogP contribution is -2.60. The van der Waals surface area contributed by atoms with Gasteiger partial charge in [-0.2, -0.15) is 0 Å². The highest BCUT2D eigenvalue weighted by Gasteiger charge is 2.44. The van der Waals surface area contributed by atoms with E-state index in [0.717, 1.165) is 70.6 Å². The number of rotatable bonds is 57. The molecule has 79 heavy (non-hydrogen) atoms. The summed E-state index contributed by atoms with van der Waals surface area (Å²) in [7, 11) is 0. The van der Waals surface area contributed by atoms with Crippen molar-refractivity contribution in [2.75, 3.05) is 13.2 Å². The van der Waals surface area contributed by atoms with E-state index in [1.807, 2.05) is 6.08 Å². The van der Waals surface area contributed by atoms with Crippen LogP contribution in [0, 0.1) is 0 Å². The van der Waals surface area contributed by atoms with Crippen molar-refractivity contribution in [3.05, 3.63) is 85.1 Å². The summed E-state index contributed by atoms with van der Waals surface area (Å²) in [5.41, 5.74) is 0. The Hall–Kier alpha value is -2.63.